The molecule has 21 heavy (non-hydrogen) atoms. The van der Waals surface area contributed by atoms with Crippen molar-refractivity contribution in [3.63, 3.8) is 0 Å². The van der Waals surface area contributed by atoms with E-state index in [1.807, 2.05) is 0 Å². The third-order valence-corrected chi connectivity index (χ3v) is 2.93. The highest BCUT2D eigenvalue weighted by molar-refractivity contribution is 6.31. The van der Waals surface area contributed by atoms with Gasteiger partial charge < -0.3 is 15.8 Å². The predicted molar refractivity (Wildman–Crippen MR) is 82.9 cm³/mol. The SMILES string of the molecule is Nc1cccc(OCCNc2cc(Cl)ccc2[N+](=O)[O-])c1. The highest BCUT2D eigenvalue weighted by Crippen LogP contribution is 2.27. The van der Waals surface area contributed by atoms with E-state index in [4.69, 9.17) is 22.1 Å². The monoisotopic (exact) mass is 307 g/mol. The second-order valence-corrected chi connectivity index (χ2v) is 4.70. The van der Waals surface area contributed by atoms with E-state index in [-0.39, 0.29) is 5.69 Å². The molecular weight excluding hydrogens is 294 g/mol. The zero-order chi connectivity index (χ0) is 15.2. The van der Waals surface area contributed by atoms with E-state index in [0.717, 1.165) is 0 Å². The van der Waals surface area contributed by atoms with Crippen molar-refractivity contribution < 1.29 is 9.66 Å². The largest absolute Gasteiger partial charge is 0.492 e. The molecule has 2 rings (SSSR count). The van der Waals surface area contributed by atoms with Crippen LogP contribution in [0.1, 0.15) is 0 Å². The standard InChI is InChI=1S/C14H14ClN3O3/c15-10-4-5-14(18(19)20)13(8-10)17-6-7-21-12-3-1-2-11(16)9-12/h1-5,8-9,17H,6-7,16H2. The van der Waals surface area contributed by atoms with Gasteiger partial charge in [-0.1, -0.05) is 17.7 Å². The average Bonchev–Trinajstić information content (AvgIpc) is 2.43. The highest BCUT2D eigenvalue weighted by Gasteiger charge is 2.13. The van der Waals surface area contributed by atoms with Gasteiger partial charge in [0.15, 0.2) is 0 Å². The Labute approximate surface area is 126 Å². The summed E-state index contributed by atoms with van der Waals surface area (Å²) in [5, 5.41) is 14.3. The van der Waals surface area contributed by atoms with E-state index >= 15 is 0 Å². The summed E-state index contributed by atoms with van der Waals surface area (Å²) >= 11 is 5.84. The second kappa shape index (κ2) is 6.81. The fourth-order valence-electron chi connectivity index (χ4n) is 1.77. The lowest BCUT2D eigenvalue weighted by Gasteiger charge is -2.09. The van der Waals surface area contributed by atoms with Gasteiger partial charge in [-0.25, -0.2) is 0 Å². The topological polar surface area (TPSA) is 90.4 Å². The second-order valence-electron chi connectivity index (χ2n) is 4.27. The van der Waals surface area contributed by atoms with Gasteiger partial charge in [-0.15, -0.1) is 0 Å². The Kier molecular flexibility index (Phi) is 4.84. The number of anilines is 2. The number of ether oxygens (including phenoxy) is 1. The predicted octanol–water partition coefficient (Wildman–Crippen LogP) is 3.32. The number of nitrogens with one attached hydrogen (secondary N) is 1. The van der Waals surface area contributed by atoms with Crippen LogP contribution in [0.5, 0.6) is 5.75 Å². The van der Waals surface area contributed by atoms with Crippen molar-refractivity contribution in [3.8, 4) is 5.75 Å². The van der Waals surface area contributed by atoms with E-state index < -0.39 is 4.92 Å². The van der Waals surface area contributed by atoms with Crippen LogP contribution in [0.25, 0.3) is 0 Å². The summed E-state index contributed by atoms with van der Waals surface area (Å²) in [6.45, 7) is 0.739. The fraction of sp³-hybridized carbons (Fsp3) is 0.143. The van der Waals surface area contributed by atoms with Gasteiger partial charge in [-0.05, 0) is 24.3 Å². The van der Waals surface area contributed by atoms with Crippen LogP contribution in [-0.4, -0.2) is 18.1 Å². The van der Waals surface area contributed by atoms with Gasteiger partial charge in [0.2, 0.25) is 0 Å². The summed E-state index contributed by atoms with van der Waals surface area (Å²) in [5.74, 6) is 0.650. The van der Waals surface area contributed by atoms with Gasteiger partial charge in [-0.3, -0.25) is 10.1 Å². The summed E-state index contributed by atoms with van der Waals surface area (Å²) in [5.41, 5.74) is 6.59. The van der Waals surface area contributed by atoms with Gasteiger partial charge in [0, 0.05) is 29.4 Å². The Hall–Kier alpha value is -2.47. The van der Waals surface area contributed by atoms with Crippen molar-refractivity contribution in [2.45, 2.75) is 0 Å². The first-order chi connectivity index (χ1) is 10.1. The lowest BCUT2D eigenvalue weighted by Crippen LogP contribution is -2.12. The maximum atomic E-state index is 10.9. The zero-order valence-electron chi connectivity index (χ0n) is 11.1. The zero-order valence-corrected chi connectivity index (χ0v) is 11.8. The number of nitrogen functional groups attached to an aromatic ring is 1. The van der Waals surface area contributed by atoms with Gasteiger partial charge in [0.1, 0.15) is 18.0 Å². The molecule has 0 atom stereocenters. The highest BCUT2D eigenvalue weighted by atomic mass is 35.5. The Balaban J connectivity index is 1.91. The minimum atomic E-state index is -0.461. The van der Waals surface area contributed by atoms with E-state index in [1.165, 1.54) is 18.2 Å². The lowest BCUT2D eigenvalue weighted by atomic mass is 10.2. The number of nitrogens with two attached hydrogens (primary N) is 1. The van der Waals surface area contributed by atoms with E-state index in [2.05, 4.69) is 5.32 Å². The molecule has 0 aliphatic rings. The van der Waals surface area contributed by atoms with Gasteiger partial charge in [0.05, 0.1) is 4.92 Å². The normalized spacial score (nSPS) is 10.1. The molecule has 7 heteroatoms. The number of nitro groups is 1. The summed E-state index contributed by atoms with van der Waals surface area (Å²) in [4.78, 5) is 10.4. The smallest absolute Gasteiger partial charge is 0.292 e. The van der Waals surface area contributed by atoms with Crippen molar-refractivity contribution in [2.24, 2.45) is 0 Å². The number of halogens is 1. The maximum Gasteiger partial charge on any atom is 0.292 e. The van der Waals surface area contributed by atoms with Crippen LogP contribution in [0.3, 0.4) is 0 Å². The van der Waals surface area contributed by atoms with Crippen LogP contribution in [0.15, 0.2) is 42.5 Å². The van der Waals surface area contributed by atoms with Crippen LogP contribution in [-0.2, 0) is 0 Å². The molecule has 0 fully saturated rings. The Morgan fingerprint density at radius 3 is 2.81 bits per heavy atom. The van der Waals surface area contributed by atoms with Crippen LogP contribution in [0, 0.1) is 10.1 Å². The van der Waals surface area contributed by atoms with Crippen molar-refractivity contribution in [2.75, 3.05) is 24.2 Å². The number of rotatable bonds is 6. The number of hydrogen-bond acceptors (Lipinski definition) is 5. The minimum Gasteiger partial charge on any atom is -0.492 e. The molecule has 2 aromatic rings. The molecule has 0 bridgehead atoms. The number of benzene rings is 2. The molecular formula is C14H14ClN3O3. The van der Waals surface area contributed by atoms with Crippen molar-refractivity contribution in [3.05, 3.63) is 57.6 Å². The molecule has 0 radical (unpaired) electrons. The van der Waals surface area contributed by atoms with Gasteiger partial charge in [-0.2, -0.15) is 0 Å². The molecule has 0 aliphatic heterocycles. The maximum absolute atomic E-state index is 10.9. The van der Waals surface area contributed by atoms with E-state index in [9.17, 15) is 10.1 Å². The van der Waals surface area contributed by atoms with Crippen LogP contribution in [0.2, 0.25) is 5.02 Å². The first-order valence-corrected chi connectivity index (χ1v) is 6.60. The molecule has 0 saturated heterocycles. The third kappa shape index (κ3) is 4.25. The Bertz CT molecular complexity index is 649. The summed E-state index contributed by atoms with van der Waals surface area (Å²) in [6, 6.07) is 11.4. The first-order valence-electron chi connectivity index (χ1n) is 6.22. The average molecular weight is 308 g/mol. The Morgan fingerprint density at radius 2 is 2.10 bits per heavy atom. The molecule has 0 amide bonds. The van der Waals surface area contributed by atoms with Crippen LogP contribution >= 0.6 is 11.6 Å². The van der Waals surface area contributed by atoms with E-state index in [1.54, 1.807) is 24.3 Å². The first kappa shape index (κ1) is 14.9. The molecule has 0 spiro atoms. The molecule has 0 heterocycles. The summed E-state index contributed by atoms with van der Waals surface area (Å²) in [7, 11) is 0. The van der Waals surface area contributed by atoms with E-state index in [0.29, 0.717) is 35.3 Å². The molecule has 3 N–H and O–H groups in total. The van der Waals surface area contributed by atoms with Crippen LogP contribution in [0.4, 0.5) is 17.1 Å². The number of nitrogens with zero attached hydrogens (tertiary/aromatic N) is 1. The minimum absolute atomic E-state index is 0.0247. The van der Waals surface area contributed by atoms with Crippen LogP contribution < -0.4 is 15.8 Å². The number of hydrogen-bond donors (Lipinski definition) is 2. The van der Waals surface area contributed by atoms with Crippen molar-refractivity contribution >= 4 is 28.7 Å². The molecule has 0 aromatic heterocycles. The lowest BCUT2D eigenvalue weighted by molar-refractivity contribution is -0.384. The third-order valence-electron chi connectivity index (χ3n) is 2.70. The molecule has 0 unspecified atom stereocenters. The number of nitro benzene ring substituents is 1. The van der Waals surface area contributed by atoms with Gasteiger partial charge in [0.25, 0.3) is 5.69 Å². The van der Waals surface area contributed by atoms with Gasteiger partial charge >= 0.3 is 0 Å². The fourth-order valence-corrected chi connectivity index (χ4v) is 1.94. The van der Waals surface area contributed by atoms with Crippen molar-refractivity contribution in [1.29, 1.82) is 0 Å². The quantitative estimate of drug-likeness (QED) is 0.370. The summed E-state index contributed by atoms with van der Waals surface area (Å²) < 4.78 is 5.49. The Morgan fingerprint density at radius 1 is 1.29 bits per heavy atom. The molecule has 6 nitrogen and oxygen atoms in total. The summed E-state index contributed by atoms with van der Waals surface area (Å²) in [6.07, 6.45) is 0. The molecule has 0 saturated carbocycles. The molecule has 2 aromatic carbocycles. The molecule has 110 valence electrons. The molecule has 0 aliphatic carbocycles. The van der Waals surface area contributed by atoms with Crippen molar-refractivity contribution in [1.82, 2.24) is 0 Å².